The predicted octanol–water partition coefficient (Wildman–Crippen LogP) is -0.0243. The molecule has 0 aromatic rings. The van der Waals surface area contributed by atoms with Crippen molar-refractivity contribution in [2.75, 3.05) is 6.61 Å². The van der Waals surface area contributed by atoms with Gasteiger partial charge in [-0.25, -0.2) is 0 Å². The molecule has 0 aliphatic carbocycles. The van der Waals surface area contributed by atoms with Gasteiger partial charge in [0.25, 0.3) is 0 Å². The van der Waals surface area contributed by atoms with E-state index >= 15 is 0 Å². The first-order chi connectivity index (χ1) is 4.54. The van der Waals surface area contributed by atoms with Crippen LogP contribution in [-0.4, -0.2) is 17.6 Å². The van der Waals surface area contributed by atoms with Crippen molar-refractivity contribution in [1.29, 1.82) is 0 Å². The molecule has 0 atom stereocenters. The normalized spacial score (nSPS) is 11.2. The van der Waals surface area contributed by atoms with Gasteiger partial charge >= 0.3 is 0 Å². The van der Waals surface area contributed by atoms with Crippen LogP contribution >= 0.6 is 22.9 Å². The molecule has 0 fully saturated rings. The Morgan fingerprint density at radius 1 is 1.70 bits per heavy atom. The second kappa shape index (κ2) is 4.09. The van der Waals surface area contributed by atoms with Crippen LogP contribution in [0.15, 0.2) is 0 Å². The summed E-state index contributed by atoms with van der Waals surface area (Å²) in [6.45, 7) is 3.17. The van der Waals surface area contributed by atoms with Gasteiger partial charge < -0.3 is 5.11 Å². The third-order valence-electron chi connectivity index (χ3n) is 1.17. The van der Waals surface area contributed by atoms with Gasteiger partial charge in [0.05, 0.1) is 12.0 Å². The van der Waals surface area contributed by atoms with Gasteiger partial charge in [-0.15, -0.1) is 0 Å². The highest BCUT2D eigenvalue weighted by atomic mass is 127. The van der Waals surface area contributed by atoms with Crippen molar-refractivity contribution in [2.24, 2.45) is 5.41 Å². The summed E-state index contributed by atoms with van der Waals surface area (Å²) in [6, 6.07) is 0. The third kappa shape index (κ3) is 2.80. The maximum Gasteiger partial charge on any atom is 0.242 e. The molecule has 10 heavy (non-hydrogen) atoms. The van der Waals surface area contributed by atoms with Gasteiger partial charge in [-0.05, 0) is 13.8 Å². The summed E-state index contributed by atoms with van der Waals surface area (Å²) in [5.41, 5.74) is 1.66. The smallest absolute Gasteiger partial charge is 0.242 e. The van der Waals surface area contributed by atoms with Gasteiger partial charge in [-0.2, -0.15) is 3.64 Å². The molecule has 0 spiro atoms. The summed E-state index contributed by atoms with van der Waals surface area (Å²) in [4.78, 5) is 11.0. The first kappa shape index (κ1) is 10.1. The highest BCUT2D eigenvalue weighted by Gasteiger charge is 2.25. The molecule has 60 valence electrons. The number of rotatable bonds is 3. The Bertz CT molecular complexity index is 127. The van der Waals surface area contributed by atoms with Gasteiger partial charge in [-0.1, -0.05) is 0 Å². The van der Waals surface area contributed by atoms with Crippen LogP contribution in [-0.2, 0) is 4.79 Å². The minimum atomic E-state index is -0.710. The van der Waals surface area contributed by atoms with Crippen LogP contribution in [0, 0.1) is 5.41 Å². The van der Waals surface area contributed by atoms with E-state index in [1.165, 1.54) is 0 Å². The molecule has 0 aromatic carbocycles. The van der Waals surface area contributed by atoms with Gasteiger partial charge in [0.15, 0.2) is 0 Å². The largest absolute Gasteiger partial charge is 0.395 e. The highest BCUT2D eigenvalue weighted by molar-refractivity contribution is 14.1. The molecule has 0 saturated carbocycles. The number of amides is 1. The number of hydrazine groups is 1. The van der Waals surface area contributed by atoms with E-state index in [9.17, 15) is 4.79 Å². The number of aliphatic hydroxyl groups is 1. The fourth-order valence-corrected chi connectivity index (χ4v) is 0.529. The Morgan fingerprint density at radius 2 is 2.20 bits per heavy atom. The lowest BCUT2D eigenvalue weighted by molar-refractivity contribution is -0.131. The number of carbonyl (C=O) groups excluding carboxylic acids is 1. The van der Waals surface area contributed by atoms with Crippen LogP contribution in [0.25, 0.3) is 0 Å². The predicted molar refractivity (Wildman–Crippen MR) is 46.2 cm³/mol. The van der Waals surface area contributed by atoms with E-state index in [2.05, 4.69) is 9.06 Å². The number of halogens is 1. The molecule has 0 aromatic heterocycles. The lowest BCUT2D eigenvalue weighted by Crippen LogP contribution is -2.42. The van der Waals surface area contributed by atoms with E-state index in [4.69, 9.17) is 5.11 Å². The molecule has 0 radical (unpaired) electrons. The second-order valence-corrected chi connectivity index (χ2v) is 3.13. The zero-order valence-electron chi connectivity index (χ0n) is 5.94. The first-order valence-electron chi connectivity index (χ1n) is 2.81. The Kier molecular flexibility index (Phi) is 4.14. The summed E-state index contributed by atoms with van der Waals surface area (Å²) in [6.07, 6.45) is 0. The number of carbonyl (C=O) groups is 1. The van der Waals surface area contributed by atoms with E-state index in [1.807, 2.05) is 0 Å². The van der Waals surface area contributed by atoms with Crippen LogP contribution in [0.4, 0.5) is 0 Å². The summed E-state index contributed by atoms with van der Waals surface area (Å²) in [5, 5.41) is 8.70. The van der Waals surface area contributed by atoms with Gasteiger partial charge in [-0.3, -0.25) is 10.2 Å². The van der Waals surface area contributed by atoms with Crippen molar-refractivity contribution in [1.82, 2.24) is 9.06 Å². The molecule has 0 aliphatic heterocycles. The van der Waals surface area contributed by atoms with Gasteiger partial charge in [0, 0.05) is 22.9 Å². The van der Waals surface area contributed by atoms with E-state index in [0.29, 0.717) is 0 Å². The average molecular weight is 258 g/mol. The van der Waals surface area contributed by atoms with E-state index < -0.39 is 5.41 Å². The van der Waals surface area contributed by atoms with Crippen LogP contribution in [0.3, 0.4) is 0 Å². The molecule has 0 bridgehead atoms. The molecule has 0 rings (SSSR count). The zero-order chi connectivity index (χ0) is 8.20. The van der Waals surface area contributed by atoms with Crippen molar-refractivity contribution in [3.8, 4) is 0 Å². The molecule has 5 heteroatoms. The maximum atomic E-state index is 11.0. The Balaban J connectivity index is 3.91. The third-order valence-corrected chi connectivity index (χ3v) is 1.44. The summed E-state index contributed by atoms with van der Waals surface area (Å²) in [7, 11) is 0. The lowest BCUT2D eigenvalue weighted by Gasteiger charge is -2.19. The molecule has 3 N–H and O–H groups in total. The second-order valence-electron chi connectivity index (χ2n) is 2.59. The monoisotopic (exact) mass is 258 g/mol. The number of nitrogens with one attached hydrogen (secondary N) is 2. The zero-order valence-corrected chi connectivity index (χ0v) is 8.10. The Hall–Kier alpha value is 0.120. The van der Waals surface area contributed by atoms with Crippen molar-refractivity contribution in [3.05, 3.63) is 0 Å². The van der Waals surface area contributed by atoms with Gasteiger partial charge in [0.2, 0.25) is 5.91 Å². The van der Waals surface area contributed by atoms with E-state index in [1.54, 1.807) is 36.7 Å². The molecule has 0 aliphatic rings. The van der Waals surface area contributed by atoms with Crippen LogP contribution in [0.1, 0.15) is 13.8 Å². The Labute approximate surface area is 73.8 Å². The van der Waals surface area contributed by atoms with Crippen molar-refractivity contribution >= 4 is 28.8 Å². The van der Waals surface area contributed by atoms with Crippen LogP contribution in [0.5, 0.6) is 0 Å². The molecule has 0 heterocycles. The molecule has 0 saturated heterocycles. The van der Waals surface area contributed by atoms with Crippen LogP contribution < -0.4 is 9.06 Å². The summed E-state index contributed by atoms with van der Waals surface area (Å²) < 4.78 is 2.47. The lowest BCUT2D eigenvalue weighted by atomic mass is 9.94. The van der Waals surface area contributed by atoms with E-state index in [0.717, 1.165) is 0 Å². The minimum Gasteiger partial charge on any atom is -0.395 e. The minimum absolute atomic E-state index is 0.156. The summed E-state index contributed by atoms with van der Waals surface area (Å²) >= 11 is 1.80. The number of aliphatic hydroxyl groups excluding tert-OH is 1. The maximum absolute atomic E-state index is 11.0. The fourth-order valence-electron chi connectivity index (χ4n) is 0.284. The van der Waals surface area contributed by atoms with Crippen molar-refractivity contribution in [3.63, 3.8) is 0 Å². The SMILES string of the molecule is CC(C)(CO)C(=O)NNI. The summed E-state index contributed by atoms with van der Waals surface area (Å²) in [5.74, 6) is -0.218. The molecular weight excluding hydrogens is 247 g/mol. The van der Waals surface area contributed by atoms with E-state index in [-0.39, 0.29) is 12.5 Å². The number of hydrogen-bond acceptors (Lipinski definition) is 3. The topological polar surface area (TPSA) is 61.4 Å². The van der Waals surface area contributed by atoms with Gasteiger partial charge in [0.1, 0.15) is 0 Å². The molecule has 0 unspecified atom stereocenters. The molecule has 4 nitrogen and oxygen atoms in total. The quantitative estimate of drug-likeness (QED) is 0.378. The van der Waals surface area contributed by atoms with Crippen molar-refractivity contribution in [2.45, 2.75) is 13.8 Å². The average Bonchev–Trinajstić information content (AvgIpc) is 1.89. The highest BCUT2D eigenvalue weighted by Crippen LogP contribution is 2.12. The van der Waals surface area contributed by atoms with Crippen molar-refractivity contribution < 1.29 is 9.90 Å². The van der Waals surface area contributed by atoms with Crippen LogP contribution in [0.2, 0.25) is 0 Å². The Morgan fingerprint density at radius 3 is 2.50 bits per heavy atom. The fraction of sp³-hybridized carbons (Fsp3) is 0.800. The standard InChI is InChI=1S/C5H11IN2O2/c1-5(2,3-9)4(10)7-8-6/h8-9H,3H2,1-2H3,(H,7,10). The molecule has 1 amide bonds. The molecular formula is C5H11IN2O2. The number of hydrogen-bond donors (Lipinski definition) is 3. The first-order valence-corrected chi connectivity index (χ1v) is 3.89.